The van der Waals surface area contributed by atoms with Crippen LogP contribution < -0.4 is 5.32 Å². The SMILES string of the molecule is Fc1ccc(-c2[nH]c3c(F)cc(F)cc3c2C2CC(CN[C@@H]3CCOC3)C2)cc1. The maximum Gasteiger partial charge on any atom is 0.150 e. The van der Waals surface area contributed by atoms with E-state index in [1.54, 1.807) is 12.1 Å². The molecule has 152 valence electrons. The second-order valence-corrected chi connectivity index (χ2v) is 8.23. The number of fused-ring (bicyclic) bond motifs is 1. The van der Waals surface area contributed by atoms with Crippen LogP contribution in [-0.2, 0) is 4.74 Å². The molecule has 2 N–H and O–H groups in total. The first-order valence-electron chi connectivity index (χ1n) is 10.2. The molecule has 6 heteroatoms. The van der Waals surface area contributed by atoms with Crippen LogP contribution in [0.2, 0.25) is 0 Å². The third-order valence-electron chi connectivity index (χ3n) is 6.27. The van der Waals surface area contributed by atoms with Gasteiger partial charge in [0.15, 0.2) is 0 Å². The van der Waals surface area contributed by atoms with Crippen molar-refractivity contribution in [3.8, 4) is 11.3 Å². The zero-order valence-electron chi connectivity index (χ0n) is 16.0. The van der Waals surface area contributed by atoms with Crippen LogP contribution in [0.5, 0.6) is 0 Å². The number of rotatable bonds is 5. The average molecular weight is 400 g/mol. The number of H-pyrrole nitrogens is 1. The van der Waals surface area contributed by atoms with Crippen molar-refractivity contribution in [2.45, 2.75) is 31.2 Å². The lowest BCUT2D eigenvalue weighted by molar-refractivity contribution is 0.185. The van der Waals surface area contributed by atoms with Gasteiger partial charge < -0.3 is 15.0 Å². The summed E-state index contributed by atoms with van der Waals surface area (Å²) in [6.45, 7) is 2.52. The molecule has 0 unspecified atom stereocenters. The maximum absolute atomic E-state index is 14.4. The van der Waals surface area contributed by atoms with Gasteiger partial charge in [0.1, 0.15) is 17.5 Å². The van der Waals surface area contributed by atoms with E-state index in [-0.39, 0.29) is 11.7 Å². The molecule has 2 aliphatic rings. The van der Waals surface area contributed by atoms with Crippen LogP contribution in [-0.4, -0.2) is 30.8 Å². The molecule has 1 aliphatic carbocycles. The van der Waals surface area contributed by atoms with Crippen LogP contribution in [0, 0.1) is 23.4 Å². The van der Waals surface area contributed by atoms with Gasteiger partial charge in [0, 0.05) is 24.1 Å². The zero-order chi connectivity index (χ0) is 20.0. The standard InChI is InChI=1S/C23H23F3N2O/c24-16-3-1-14(2-4-16)22-21(19-9-17(25)10-20(26)23(19)28-22)15-7-13(8-15)11-27-18-5-6-29-12-18/h1-4,9-10,13,15,18,27-28H,5-8,11-12H2/t13?,15?,18-/m1/s1. The molecule has 3 nitrogen and oxygen atoms in total. The smallest absolute Gasteiger partial charge is 0.150 e. The summed E-state index contributed by atoms with van der Waals surface area (Å²) in [6.07, 6.45) is 2.96. The second-order valence-electron chi connectivity index (χ2n) is 8.23. The molecule has 3 aromatic rings. The Morgan fingerprint density at radius 1 is 1.03 bits per heavy atom. The van der Waals surface area contributed by atoms with E-state index in [0.29, 0.717) is 22.9 Å². The first kappa shape index (κ1) is 18.7. The maximum atomic E-state index is 14.4. The first-order chi connectivity index (χ1) is 14.1. The molecule has 2 aromatic carbocycles. The number of aromatic nitrogens is 1. The second kappa shape index (κ2) is 7.50. The molecular formula is C23H23F3N2O. The number of ether oxygens (including phenoxy) is 1. The average Bonchev–Trinajstić information content (AvgIpc) is 3.30. The molecule has 0 amide bonds. The molecule has 1 aliphatic heterocycles. The highest BCUT2D eigenvalue weighted by Gasteiger charge is 2.35. The van der Waals surface area contributed by atoms with Crippen LogP contribution in [0.25, 0.3) is 22.2 Å². The number of hydrogen-bond donors (Lipinski definition) is 2. The van der Waals surface area contributed by atoms with Gasteiger partial charge in [-0.3, -0.25) is 0 Å². The minimum atomic E-state index is -0.603. The van der Waals surface area contributed by atoms with E-state index in [9.17, 15) is 13.2 Å². The Balaban J connectivity index is 1.44. The van der Waals surface area contributed by atoms with E-state index in [1.165, 1.54) is 18.2 Å². The monoisotopic (exact) mass is 400 g/mol. The van der Waals surface area contributed by atoms with Gasteiger partial charge in [-0.15, -0.1) is 0 Å². The Labute approximate surface area is 167 Å². The van der Waals surface area contributed by atoms with E-state index in [4.69, 9.17) is 4.74 Å². The summed E-state index contributed by atoms with van der Waals surface area (Å²) in [5, 5.41) is 4.15. The number of benzene rings is 2. The molecule has 2 fully saturated rings. The highest BCUT2D eigenvalue weighted by atomic mass is 19.1. The Morgan fingerprint density at radius 2 is 1.83 bits per heavy atom. The molecular weight excluding hydrogens is 377 g/mol. The number of nitrogens with one attached hydrogen (secondary N) is 2. The number of halogens is 3. The Morgan fingerprint density at radius 3 is 2.55 bits per heavy atom. The van der Waals surface area contributed by atoms with E-state index in [2.05, 4.69) is 10.3 Å². The van der Waals surface area contributed by atoms with Gasteiger partial charge in [0.2, 0.25) is 0 Å². The van der Waals surface area contributed by atoms with Crippen LogP contribution in [0.1, 0.15) is 30.7 Å². The fraction of sp³-hybridized carbons (Fsp3) is 0.391. The first-order valence-corrected chi connectivity index (χ1v) is 10.2. The summed E-state index contributed by atoms with van der Waals surface area (Å²) < 4.78 is 47.2. The van der Waals surface area contributed by atoms with Crippen LogP contribution in [0.4, 0.5) is 13.2 Å². The van der Waals surface area contributed by atoms with Crippen molar-refractivity contribution in [2.75, 3.05) is 19.8 Å². The summed E-state index contributed by atoms with van der Waals surface area (Å²) in [5.41, 5.74) is 2.78. The van der Waals surface area contributed by atoms with E-state index in [1.807, 2.05) is 0 Å². The van der Waals surface area contributed by atoms with Crippen molar-refractivity contribution in [1.29, 1.82) is 0 Å². The topological polar surface area (TPSA) is 37.0 Å². The Hall–Kier alpha value is -2.31. The molecule has 29 heavy (non-hydrogen) atoms. The van der Waals surface area contributed by atoms with Gasteiger partial charge >= 0.3 is 0 Å². The lowest BCUT2D eigenvalue weighted by atomic mass is 9.70. The molecule has 1 saturated carbocycles. The van der Waals surface area contributed by atoms with Crippen molar-refractivity contribution < 1.29 is 17.9 Å². The van der Waals surface area contributed by atoms with Crippen LogP contribution in [0.15, 0.2) is 36.4 Å². The van der Waals surface area contributed by atoms with E-state index < -0.39 is 11.6 Å². The van der Waals surface area contributed by atoms with Crippen molar-refractivity contribution in [3.63, 3.8) is 0 Å². The molecule has 1 atom stereocenters. The van der Waals surface area contributed by atoms with Crippen molar-refractivity contribution in [1.82, 2.24) is 10.3 Å². The normalized spacial score (nSPS) is 24.2. The number of aromatic amines is 1. The van der Waals surface area contributed by atoms with Crippen molar-refractivity contribution in [3.05, 3.63) is 59.4 Å². The Bertz CT molecular complexity index is 1020. The fourth-order valence-electron chi connectivity index (χ4n) is 4.68. The van der Waals surface area contributed by atoms with Gasteiger partial charge in [-0.05, 0) is 79.1 Å². The minimum absolute atomic E-state index is 0.219. The molecule has 0 spiro atoms. The van der Waals surface area contributed by atoms with Gasteiger partial charge in [-0.25, -0.2) is 13.2 Å². The van der Waals surface area contributed by atoms with Gasteiger partial charge in [0.25, 0.3) is 0 Å². The predicted octanol–water partition coefficient (Wildman–Crippen LogP) is 5.12. The van der Waals surface area contributed by atoms with E-state index in [0.717, 1.165) is 61.9 Å². The minimum Gasteiger partial charge on any atom is -0.380 e. The highest BCUT2D eigenvalue weighted by Crippen LogP contribution is 2.48. The lowest BCUT2D eigenvalue weighted by Gasteiger charge is -2.37. The fourth-order valence-corrected chi connectivity index (χ4v) is 4.68. The van der Waals surface area contributed by atoms with Crippen LogP contribution in [0.3, 0.4) is 0 Å². The quantitative estimate of drug-likeness (QED) is 0.623. The third kappa shape index (κ3) is 3.55. The van der Waals surface area contributed by atoms with Crippen LogP contribution >= 0.6 is 0 Å². The Kier molecular flexibility index (Phi) is 4.84. The van der Waals surface area contributed by atoms with Gasteiger partial charge in [-0.1, -0.05) is 0 Å². The predicted molar refractivity (Wildman–Crippen MR) is 106 cm³/mol. The molecule has 0 bridgehead atoms. The van der Waals surface area contributed by atoms with Crippen molar-refractivity contribution in [2.24, 2.45) is 5.92 Å². The summed E-state index contributed by atoms with van der Waals surface area (Å²) in [6, 6.07) is 8.86. The largest absolute Gasteiger partial charge is 0.380 e. The summed E-state index contributed by atoms with van der Waals surface area (Å²) in [4.78, 5) is 3.14. The third-order valence-corrected chi connectivity index (χ3v) is 6.27. The number of hydrogen-bond acceptors (Lipinski definition) is 2. The summed E-state index contributed by atoms with van der Waals surface area (Å²) in [7, 11) is 0. The highest BCUT2D eigenvalue weighted by molar-refractivity contribution is 5.92. The molecule has 2 heterocycles. The molecule has 0 radical (unpaired) electrons. The summed E-state index contributed by atoms with van der Waals surface area (Å²) in [5.74, 6) is -0.760. The zero-order valence-corrected chi connectivity index (χ0v) is 16.0. The summed E-state index contributed by atoms with van der Waals surface area (Å²) >= 11 is 0. The van der Waals surface area contributed by atoms with Gasteiger partial charge in [0.05, 0.1) is 17.8 Å². The molecule has 1 aromatic heterocycles. The van der Waals surface area contributed by atoms with Gasteiger partial charge in [-0.2, -0.15) is 0 Å². The molecule has 1 saturated heterocycles. The lowest BCUT2D eigenvalue weighted by Crippen LogP contribution is -2.38. The molecule has 5 rings (SSSR count). The van der Waals surface area contributed by atoms with Crippen molar-refractivity contribution >= 4 is 10.9 Å². The van der Waals surface area contributed by atoms with E-state index >= 15 is 0 Å².